The number of hydrogen-bond donors (Lipinski definition) is 3. The Morgan fingerprint density at radius 1 is 1.29 bits per heavy atom. The highest BCUT2D eigenvalue weighted by molar-refractivity contribution is 7.89. The van der Waals surface area contributed by atoms with Gasteiger partial charge in [0.2, 0.25) is 10.0 Å². The average molecular weight is 317 g/mol. The van der Waals surface area contributed by atoms with Crippen LogP contribution < -0.4 is 4.74 Å². The number of rotatable bonds is 4. The Balaban J connectivity index is 2.48. The van der Waals surface area contributed by atoms with Crippen molar-refractivity contribution >= 4 is 16.0 Å². The number of aliphatic hydroxyl groups excluding tert-OH is 2. The fourth-order valence-corrected chi connectivity index (χ4v) is 3.74. The molecular formula is C12H15NO7S. The maximum absolute atomic E-state index is 12.5. The highest BCUT2D eigenvalue weighted by atomic mass is 32.2. The normalized spacial score (nSPS) is 23.2. The molecule has 1 aromatic rings. The first-order valence-electron chi connectivity index (χ1n) is 6.05. The minimum Gasteiger partial charge on any atom is -0.495 e. The standard InChI is InChI=1S/C12H15NO7S/c1-20-10-3-2-7(12(16)17)4-11(10)21(18,19)13-5-8(14)9(15)6-13/h2-4,8-9,14-15H,5-6H2,1H3,(H,16,17). The third-order valence-electron chi connectivity index (χ3n) is 3.25. The van der Waals surface area contributed by atoms with Gasteiger partial charge in [-0.2, -0.15) is 4.31 Å². The van der Waals surface area contributed by atoms with Crippen LogP contribution in [0, 0.1) is 0 Å². The second-order valence-corrected chi connectivity index (χ2v) is 6.53. The summed E-state index contributed by atoms with van der Waals surface area (Å²) in [6.45, 7) is -0.520. The van der Waals surface area contributed by atoms with Crippen LogP contribution in [0.3, 0.4) is 0 Å². The van der Waals surface area contributed by atoms with E-state index in [4.69, 9.17) is 9.84 Å². The smallest absolute Gasteiger partial charge is 0.335 e. The number of carboxylic acids is 1. The topological polar surface area (TPSA) is 124 Å². The Bertz CT molecular complexity index is 648. The Kier molecular flexibility index (Phi) is 4.19. The maximum Gasteiger partial charge on any atom is 0.335 e. The molecule has 0 radical (unpaired) electrons. The van der Waals surface area contributed by atoms with E-state index in [1.807, 2.05) is 0 Å². The van der Waals surface area contributed by atoms with Crippen LogP contribution in [-0.2, 0) is 10.0 Å². The molecule has 1 saturated heterocycles. The highest BCUT2D eigenvalue weighted by Gasteiger charge is 2.39. The fourth-order valence-electron chi connectivity index (χ4n) is 2.08. The number of sulfonamides is 1. The SMILES string of the molecule is COc1ccc(C(=O)O)cc1S(=O)(=O)N1CC(O)C(O)C1. The second kappa shape index (κ2) is 5.60. The average Bonchev–Trinajstić information content (AvgIpc) is 2.78. The molecule has 1 fully saturated rings. The van der Waals surface area contributed by atoms with Crippen LogP contribution in [0.5, 0.6) is 5.75 Å². The number of benzene rings is 1. The van der Waals surface area contributed by atoms with Gasteiger partial charge in [0.15, 0.2) is 0 Å². The van der Waals surface area contributed by atoms with Crippen molar-refractivity contribution in [1.82, 2.24) is 4.31 Å². The van der Waals surface area contributed by atoms with Gasteiger partial charge in [-0.25, -0.2) is 13.2 Å². The predicted octanol–water partition coefficient (Wildman–Crippen LogP) is -0.881. The summed E-state index contributed by atoms with van der Waals surface area (Å²) in [5, 5.41) is 27.9. The van der Waals surface area contributed by atoms with Gasteiger partial charge in [-0.3, -0.25) is 0 Å². The molecule has 1 aliphatic heterocycles. The first kappa shape index (κ1) is 15.7. The zero-order valence-corrected chi connectivity index (χ0v) is 11.9. The number of β-amino-alcohol motifs (C(OH)–C–C–N with tert-alkyl or cyclic N) is 2. The van der Waals surface area contributed by atoms with Crippen molar-refractivity contribution in [2.45, 2.75) is 17.1 Å². The van der Waals surface area contributed by atoms with Crippen molar-refractivity contribution in [3.8, 4) is 5.75 Å². The number of aliphatic hydroxyl groups is 2. The van der Waals surface area contributed by atoms with Crippen LogP contribution in [0.1, 0.15) is 10.4 Å². The molecule has 0 spiro atoms. The summed E-state index contributed by atoms with van der Waals surface area (Å²) in [5.74, 6) is -1.27. The maximum atomic E-state index is 12.5. The predicted molar refractivity (Wildman–Crippen MR) is 70.7 cm³/mol. The van der Waals surface area contributed by atoms with Crippen LogP contribution in [0.25, 0.3) is 0 Å². The van der Waals surface area contributed by atoms with E-state index in [0.29, 0.717) is 0 Å². The molecule has 0 bridgehead atoms. The van der Waals surface area contributed by atoms with Crippen molar-refractivity contribution in [1.29, 1.82) is 0 Å². The summed E-state index contributed by atoms with van der Waals surface area (Å²) < 4.78 is 30.9. The van der Waals surface area contributed by atoms with Crippen molar-refractivity contribution < 1.29 is 33.3 Å². The first-order valence-corrected chi connectivity index (χ1v) is 7.49. The number of carboxylic acid groups (broad SMARTS) is 1. The number of hydrogen-bond acceptors (Lipinski definition) is 6. The van der Waals surface area contributed by atoms with Gasteiger partial charge in [-0.05, 0) is 18.2 Å². The van der Waals surface area contributed by atoms with E-state index in [-0.39, 0.29) is 29.3 Å². The number of nitrogens with zero attached hydrogens (tertiary/aromatic N) is 1. The third kappa shape index (κ3) is 2.86. The van der Waals surface area contributed by atoms with E-state index in [1.165, 1.54) is 19.2 Å². The Morgan fingerprint density at radius 3 is 2.33 bits per heavy atom. The lowest BCUT2D eigenvalue weighted by molar-refractivity contribution is 0.0572. The number of aromatic carboxylic acids is 1. The van der Waals surface area contributed by atoms with Gasteiger partial charge in [-0.15, -0.1) is 0 Å². The monoisotopic (exact) mass is 317 g/mol. The van der Waals surface area contributed by atoms with E-state index in [9.17, 15) is 23.4 Å². The van der Waals surface area contributed by atoms with Crippen LogP contribution in [-0.4, -0.2) is 66.4 Å². The summed E-state index contributed by atoms with van der Waals surface area (Å²) in [7, 11) is -2.81. The Morgan fingerprint density at radius 2 is 1.86 bits per heavy atom. The molecule has 21 heavy (non-hydrogen) atoms. The van der Waals surface area contributed by atoms with Crippen molar-refractivity contribution in [2.75, 3.05) is 20.2 Å². The highest BCUT2D eigenvalue weighted by Crippen LogP contribution is 2.30. The molecule has 0 amide bonds. The largest absolute Gasteiger partial charge is 0.495 e. The minimum absolute atomic E-state index is 0.00382. The van der Waals surface area contributed by atoms with Gasteiger partial charge in [0.25, 0.3) is 0 Å². The zero-order valence-electron chi connectivity index (χ0n) is 11.1. The molecule has 1 heterocycles. The summed E-state index contributed by atoms with van der Waals surface area (Å²) >= 11 is 0. The second-order valence-electron chi connectivity index (χ2n) is 4.63. The molecule has 116 valence electrons. The summed E-state index contributed by atoms with van der Waals surface area (Å²) in [6.07, 6.45) is -2.35. The lowest BCUT2D eigenvalue weighted by atomic mass is 10.2. The molecule has 3 N–H and O–H groups in total. The fraction of sp³-hybridized carbons (Fsp3) is 0.417. The Hall–Kier alpha value is -1.68. The number of carbonyl (C=O) groups is 1. The van der Waals surface area contributed by atoms with Crippen molar-refractivity contribution in [3.05, 3.63) is 23.8 Å². The van der Waals surface area contributed by atoms with E-state index in [2.05, 4.69) is 0 Å². The summed E-state index contributed by atoms with van der Waals surface area (Å²) in [5.41, 5.74) is -0.199. The van der Waals surface area contributed by atoms with E-state index < -0.39 is 28.2 Å². The molecule has 9 heteroatoms. The van der Waals surface area contributed by atoms with Gasteiger partial charge in [0.1, 0.15) is 10.6 Å². The third-order valence-corrected chi connectivity index (χ3v) is 5.11. The molecule has 8 nitrogen and oxygen atoms in total. The van der Waals surface area contributed by atoms with Crippen LogP contribution in [0.4, 0.5) is 0 Å². The molecule has 2 atom stereocenters. The van der Waals surface area contributed by atoms with Crippen LogP contribution in [0.15, 0.2) is 23.1 Å². The molecule has 1 aliphatic rings. The van der Waals surface area contributed by atoms with E-state index in [0.717, 1.165) is 10.4 Å². The van der Waals surface area contributed by atoms with Crippen LogP contribution >= 0.6 is 0 Å². The van der Waals surface area contributed by atoms with Crippen molar-refractivity contribution in [2.24, 2.45) is 0 Å². The molecule has 0 saturated carbocycles. The molecule has 2 rings (SSSR count). The molecule has 1 aromatic carbocycles. The van der Waals surface area contributed by atoms with Crippen LogP contribution in [0.2, 0.25) is 0 Å². The molecular weight excluding hydrogens is 302 g/mol. The molecule has 0 aromatic heterocycles. The molecule has 0 aliphatic carbocycles. The quantitative estimate of drug-likeness (QED) is 0.658. The van der Waals surface area contributed by atoms with Gasteiger partial charge >= 0.3 is 5.97 Å². The zero-order chi connectivity index (χ0) is 15.8. The number of methoxy groups -OCH3 is 1. The first-order chi connectivity index (χ1) is 9.77. The van der Waals surface area contributed by atoms with E-state index >= 15 is 0 Å². The van der Waals surface area contributed by atoms with Gasteiger partial charge in [-0.1, -0.05) is 0 Å². The summed E-state index contributed by atoms with van der Waals surface area (Å²) in [6, 6.07) is 3.47. The van der Waals surface area contributed by atoms with Gasteiger partial charge < -0.3 is 20.1 Å². The molecule has 2 unspecified atom stereocenters. The summed E-state index contributed by atoms with van der Waals surface area (Å²) in [4.78, 5) is 10.7. The Labute approximate surface area is 121 Å². The van der Waals surface area contributed by atoms with Gasteiger partial charge in [0, 0.05) is 13.1 Å². The van der Waals surface area contributed by atoms with Gasteiger partial charge in [0.05, 0.1) is 24.9 Å². The number of ether oxygens (including phenoxy) is 1. The van der Waals surface area contributed by atoms with Crippen molar-refractivity contribution in [3.63, 3.8) is 0 Å². The lowest BCUT2D eigenvalue weighted by Gasteiger charge is -2.18. The lowest BCUT2D eigenvalue weighted by Crippen LogP contribution is -2.30. The minimum atomic E-state index is -4.08. The van der Waals surface area contributed by atoms with E-state index in [1.54, 1.807) is 0 Å².